The van der Waals surface area contributed by atoms with Crippen LogP contribution in [0.4, 0.5) is 0 Å². The quantitative estimate of drug-likeness (QED) is 0.444. The molecule has 0 aromatic carbocycles. The van der Waals surface area contributed by atoms with Gasteiger partial charge in [0, 0.05) is 26.2 Å². The first-order valence-electron chi connectivity index (χ1n) is 8.60. The molecular weight excluding hydrogens is 411 g/mol. The van der Waals surface area contributed by atoms with Crippen LogP contribution in [-0.4, -0.2) is 48.4 Å². The van der Waals surface area contributed by atoms with Crippen molar-refractivity contribution in [2.75, 3.05) is 0 Å². The summed E-state index contributed by atoms with van der Waals surface area (Å²) >= 11 is 0. The van der Waals surface area contributed by atoms with Crippen LogP contribution < -0.4 is 5.11 Å². The van der Waals surface area contributed by atoms with E-state index >= 15 is 0 Å². The minimum absolute atomic E-state index is 0. The van der Waals surface area contributed by atoms with Crippen LogP contribution in [0.3, 0.4) is 0 Å². The Hall–Kier alpha value is 0.683. The molecule has 0 aliphatic heterocycles. The van der Waals surface area contributed by atoms with Crippen LogP contribution in [0.2, 0.25) is 0 Å². The molecule has 0 spiro atoms. The first-order chi connectivity index (χ1) is 10.0. The summed E-state index contributed by atoms with van der Waals surface area (Å²) in [6.45, 7) is 25.8. The molecule has 0 rings (SSSR count). The Morgan fingerprint density at radius 3 is 0.385 bits per heavy atom. The van der Waals surface area contributed by atoms with E-state index < -0.39 is 28.0 Å². The zero-order valence-corrected chi connectivity index (χ0v) is 22.7. The fraction of sp³-hybridized carbons (Fsp3) is 1.00. The van der Waals surface area contributed by atoms with Gasteiger partial charge in [-0.3, -0.25) is 0 Å². The molecule has 0 saturated carbocycles. The molecule has 0 unspecified atom stereocenters. The molecule has 4 N–H and O–H groups in total. The third kappa shape index (κ3) is 29700. The van der Waals surface area contributed by atoms with Crippen molar-refractivity contribution in [3.8, 4) is 0 Å². The zero-order chi connectivity index (χ0) is 22.5. The zero-order valence-electron chi connectivity index (χ0n) is 20.2. The Balaban J connectivity index is -0.0000000476. The van der Waals surface area contributed by atoms with Crippen molar-refractivity contribution < 1.29 is 51.7 Å². The van der Waals surface area contributed by atoms with Gasteiger partial charge >= 0.3 is 0 Å². The van der Waals surface area contributed by atoms with Crippen LogP contribution in [0.1, 0.15) is 104 Å². The van der Waals surface area contributed by atoms with Gasteiger partial charge in [0.15, 0.2) is 0 Å². The summed E-state index contributed by atoms with van der Waals surface area (Å²) in [5, 5.41) is 44.2. The summed E-state index contributed by atoms with van der Waals surface area (Å²) in [5.41, 5.74) is -2.75. The maximum absolute atomic E-state index is 10.1. The van der Waals surface area contributed by atoms with Crippen LogP contribution in [-0.2, 0) is 26.2 Å². The number of aliphatic hydroxyl groups is 4. The molecule has 0 fully saturated rings. The molecule has 0 aliphatic rings. The van der Waals surface area contributed by atoms with Crippen molar-refractivity contribution in [1.29, 1.82) is 0 Å². The summed E-state index contributed by atoms with van der Waals surface area (Å²) in [7, 11) is 0. The van der Waals surface area contributed by atoms with E-state index in [1.54, 1.807) is 104 Å². The summed E-state index contributed by atoms with van der Waals surface area (Å²) in [6.07, 6.45) is 0. The second-order valence-corrected chi connectivity index (χ2v) is 10.8. The molecule has 0 bridgehead atoms. The maximum Gasteiger partial charge on any atom is 0.0563 e. The van der Waals surface area contributed by atoms with Crippen LogP contribution in [0.5, 0.6) is 0 Å². The van der Waals surface area contributed by atoms with E-state index in [4.69, 9.17) is 20.4 Å². The van der Waals surface area contributed by atoms with Crippen molar-refractivity contribution in [2.24, 2.45) is 0 Å². The molecular formula is C20H49O5Zr-. The molecule has 0 amide bonds. The molecule has 0 radical (unpaired) electrons. The first-order valence-corrected chi connectivity index (χ1v) is 8.60. The number of rotatable bonds is 0. The van der Waals surface area contributed by atoms with Gasteiger partial charge in [0.05, 0.1) is 22.4 Å². The second kappa shape index (κ2) is 16.6. The minimum Gasteiger partial charge on any atom is -0.850 e. The van der Waals surface area contributed by atoms with Crippen molar-refractivity contribution >= 4 is 0 Å². The van der Waals surface area contributed by atoms with Gasteiger partial charge in [-0.05, 0) is 83.1 Å². The average molecular weight is 461 g/mol. The van der Waals surface area contributed by atoms with Gasteiger partial charge < -0.3 is 25.5 Å². The van der Waals surface area contributed by atoms with Crippen molar-refractivity contribution in [1.82, 2.24) is 0 Å². The van der Waals surface area contributed by atoms with Gasteiger partial charge in [-0.15, -0.1) is 5.60 Å². The Kier molecular flexibility index (Phi) is 26.3. The van der Waals surface area contributed by atoms with E-state index in [1.807, 2.05) is 0 Å². The topological polar surface area (TPSA) is 104 Å². The number of hydrogen-bond donors (Lipinski definition) is 4. The molecule has 0 atom stereocenters. The second-order valence-electron chi connectivity index (χ2n) is 10.8. The van der Waals surface area contributed by atoms with Crippen LogP contribution in [0.15, 0.2) is 0 Å². The molecule has 0 aromatic heterocycles. The molecule has 6 heteroatoms. The fourth-order valence-electron chi connectivity index (χ4n) is 0. The van der Waals surface area contributed by atoms with E-state index in [2.05, 4.69) is 0 Å². The smallest absolute Gasteiger partial charge is 0.0563 e. The van der Waals surface area contributed by atoms with Gasteiger partial charge in [0.25, 0.3) is 0 Å². The SMILES string of the molecule is CC(C)(C)O.CC(C)(C)O.CC(C)(C)O.CC(C)(C)O.CC(C)(C)[O-].[Zr]. The van der Waals surface area contributed by atoms with Crippen LogP contribution in [0.25, 0.3) is 0 Å². The summed E-state index contributed by atoms with van der Waals surface area (Å²) in [5.74, 6) is 0. The van der Waals surface area contributed by atoms with E-state index in [0.717, 1.165) is 0 Å². The summed E-state index contributed by atoms with van der Waals surface area (Å²) in [4.78, 5) is 0. The minimum atomic E-state index is -0.750. The van der Waals surface area contributed by atoms with Crippen molar-refractivity contribution in [2.45, 2.75) is 132 Å². The van der Waals surface area contributed by atoms with Gasteiger partial charge in [-0.1, -0.05) is 20.8 Å². The molecule has 0 saturated heterocycles. The molecule has 0 heterocycles. The monoisotopic (exact) mass is 459 g/mol. The van der Waals surface area contributed by atoms with Gasteiger partial charge in [0.2, 0.25) is 0 Å². The van der Waals surface area contributed by atoms with E-state index in [0.29, 0.717) is 0 Å². The van der Waals surface area contributed by atoms with Gasteiger partial charge in [0.1, 0.15) is 0 Å². The Labute approximate surface area is 183 Å². The standard InChI is InChI=1S/4C4H10O.C4H9O.Zr/c5*1-4(2,3)5;/h4*5H,1-3H3;1-3H3;/q;;;;-1;. The number of hydrogen-bond acceptors (Lipinski definition) is 5. The summed E-state index contributed by atoms with van der Waals surface area (Å²) in [6, 6.07) is 0. The van der Waals surface area contributed by atoms with Crippen LogP contribution in [0, 0.1) is 0 Å². The normalized spacial score (nSPS) is 11.5. The average Bonchev–Trinajstić information content (AvgIpc) is 1.79. The first kappa shape index (κ1) is 41.1. The largest absolute Gasteiger partial charge is 0.850 e. The molecule has 164 valence electrons. The molecule has 0 aromatic rings. The fourth-order valence-corrected chi connectivity index (χ4v) is 0. The Morgan fingerprint density at radius 2 is 0.385 bits per heavy atom. The third-order valence-corrected chi connectivity index (χ3v) is 0. The van der Waals surface area contributed by atoms with E-state index in [-0.39, 0.29) is 26.2 Å². The summed E-state index contributed by atoms with van der Waals surface area (Å²) < 4.78 is 0. The van der Waals surface area contributed by atoms with Gasteiger partial charge in [-0.25, -0.2) is 0 Å². The van der Waals surface area contributed by atoms with Crippen molar-refractivity contribution in [3.63, 3.8) is 0 Å². The molecule has 0 aliphatic carbocycles. The van der Waals surface area contributed by atoms with Crippen molar-refractivity contribution in [3.05, 3.63) is 0 Å². The third-order valence-electron chi connectivity index (χ3n) is 0. The van der Waals surface area contributed by atoms with Crippen LogP contribution >= 0.6 is 0 Å². The Morgan fingerprint density at radius 1 is 0.385 bits per heavy atom. The predicted octanol–water partition coefficient (Wildman–Crippen LogP) is 3.25. The Bertz CT molecular complexity index is 171. The maximum atomic E-state index is 10.1. The predicted molar refractivity (Wildman–Crippen MR) is 108 cm³/mol. The van der Waals surface area contributed by atoms with Gasteiger partial charge in [-0.2, -0.15) is 0 Å². The van der Waals surface area contributed by atoms with E-state index in [9.17, 15) is 5.11 Å². The van der Waals surface area contributed by atoms with E-state index in [1.165, 1.54) is 0 Å². The molecule has 26 heavy (non-hydrogen) atoms. The molecule has 5 nitrogen and oxygen atoms in total.